The van der Waals surface area contributed by atoms with Crippen molar-refractivity contribution in [3.63, 3.8) is 0 Å². The number of benzene rings is 2. The molecule has 8 nitrogen and oxygen atoms in total. The average molecular weight is 619 g/mol. The Labute approximate surface area is 230 Å². The van der Waals surface area contributed by atoms with Gasteiger partial charge in [-0.15, -0.1) is 13.2 Å². The molecule has 1 amide bonds. The number of hydrogen-bond acceptors (Lipinski definition) is 6. The Hall–Kier alpha value is -3.25. The number of likely N-dealkylation sites (N-methyl/N-ethyl adjacent to an activating group) is 1. The smallest absolute Gasteiger partial charge is 0.467 e. The third-order valence-electron chi connectivity index (χ3n) is 5.42. The van der Waals surface area contributed by atoms with Crippen molar-refractivity contribution in [2.24, 2.45) is 0 Å². The number of alkyl halides is 3. The first kappa shape index (κ1) is 29.3. The van der Waals surface area contributed by atoms with Crippen LogP contribution >= 0.6 is 27.5 Å². The van der Waals surface area contributed by atoms with E-state index in [9.17, 15) is 22.8 Å². The van der Waals surface area contributed by atoms with Gasteiger partial charge in [0.25, 0.3) is 5.91 Å². The van der Waals surface area contributed by atoms with Crippen molar-refractivity contribution in [2.45, 2.75) is 38.7 Å². The lowest BCUT2D eigenvalue weighted by Crippen LogP contribution is -2.43. The second kappa shape index (κ2) is 12.5. The monoisotopic (exact) mass is 617 g/mol. The lowest BCUT2D eigenvalue weighted by Gasteiger charge is -2.26. The Bertz CT molecular complexity index is 1280. The number of methoxy groups -OCH3 is 1. The van der Waals surface area contributed by atoms with Gasteiger partial charge in [-0.3, -0.25) is 9.36 Å². The van der Waals surface area contributed by atoms with Crippen molar-refractivity contribution in [3.8, 4) is 17.5 Å². The molecule has 2 aromatic carbocycles. The number of imidazole rings is 1. The fourth-order valence-electron chi connectivity index (χ4n) is 3.63. The predicted octanol–water partition coefficient (Wildman–Crippen LogP) is 6.45. The van der Waals surface area contributed by atoms with Crippen LogP contribution in [-0.4, -0.2) is 52.9 Å². The molecule has 13 heteroatoms. The summed E-state index contributed by atoms with van der Waals surface area (Å²) in [6.45, 7) is 1.97. The van der Waals surface area contributed by atoms with Gasteiger partial charge in [0.2, 0.25) is 0 Å². The number of aromatic nitrogens is 2. The van der Waals surface area contributed by atoms with Crippen LogP contribution in [0, 0.1) is 0 Å². The summed E-state index contributed by atoms with van der Waals surface area (Å²) in [5.74, 6) is -1.61. The SMILES string of the molecule is CCCC(C(=O)OC)N(C)C(=O)c1c(Br)nc(Oc2cccc(OC(F)(F)F)c2)n1Cc1ccc(Cl)cc1. The molecule has 0 saturated carbocycles. The molecule has 0 aliphatic heterocycles. The number of nitrogens with zero attached hydrogens (tertiary/aromatic N) is 3. The minimum atomic E-state index is -4.88. The summed E-state index contributed by atoms with van der Waals surface area (Å²) in [5, 5.41) is 0.509. The van der Waals surface area contributed by atoms with Crippen LogP contribution in [-0.2, 0) is 16.1 Å². The van der Waals surface area contributed by atoms with Gasteiger partial charge in [-0.1, -0.05) is 43.1 Å². The average Bonchev–Trinajstić information content (AvgIpc) is 3.15. The predicted molar refractivity (Wildman–Crippen MR) is 136 cm³/mol. The summed E-state index contributed by atoms with van der Waals surface area (Å²) in [6.07, 6.45) is -3.89. The van der Waals surface area contributed by atoms with E-state index in [1.165, 1.54) is 35.8 Å². The molecule has 0 saturated heterocycles. The summed E-state index contributed by atoms with van der Waals surface area (Å²) in [5.41, 5.74) is 0.790. The van der Waals surface area contributed by atoms with E-state index in [2.05, 4.69) is 25.7 Å². The highest BCUT2D eigenvalue weighted by Crippen LogP contribution is 2.32. The van der Waals surface area contributed by atoms with Crippen LogP contribution in [0.1, 0.15) is 35.8 Å². The minimum absolute atomic E-state index is 0.00706. The molecule has 0 fully saturated rings. The molecule has 1 aromatic heterocycles. The first-order valence-corrected chi connectivity index (χ1v) is 12.5. The highest BCUT2D eigenvalue weighted by molar-refractivity contribution is 9.10. The maximum absolute atomic E-state index is 13.6. The summed E-state index contributed by atoms with van der Waals surface area (Å²) in [7, 11) is 2.72. The first-order valence-electron chi connectivity index (χ1n) is 11.3. The van der Waals surface area contributed by atoms with Crippen LogP contribution in [0.25, 0.3) is 0 Å². The van der Waals surface area contributed by atoms with Gasteiger partial charge in [0.1, 0.15) is 27.8 Å². The van der Waals surface area contributed by atoms with Crippen molar-refractivity contribution >= 4 is 39.4 Å². The molecular weight excluding hydrogens is 595 g/mol. The van der Waals surface area contributed by atoms with Gasteiger partial charge in [0, 0.05) is 18.1 Å². The quantitative estimate of drug-likeness (QED) is 0.243. The molecule has 0 aliphatic carbocycles. The number of esters is 1. The fraction of sp³-hybridized carbons (Fsp3) is 0.320. The van der Waals surface area contributed by atoms with E-state index in [4.69, 9.17) is 21.1 Å². The zero-order valence-electron chi connectivity index (χ0n) is 20.6. The Morgan fingerprint density at radius 3 is 2.42 bits per heavy atom. The number of carbonyl (C=O) groups excluding carboxylic acids is 2. The van der Waals surface area contributed by atoms with Crippen molar-refractivity contribution in [1.82, 2.24) is 14.5 Å². The largest absolute Gasteiger partial charge is 0.573 e. The molecule has 204 valence electrons. The number of halogens is 5. The van der Waals surface area contributed by atoms with Crippen molar-refractivity contribution < 1.29 is 37.0 Å². The molecule has 0 N–H and O–H groups in total. The van der Waals surface area contributed by atoms with E-state index in [1.807, 2.05) is 6.92 Å². The molecule has 1 heterocycles. The standard InChI is InChI=1S/C25H24BrClF3N3O5/c1-4-6-19(23(35)36-3)32(2)22(34)20-21(26)31-24(33(20)14-15-9-11-16(27)12-10-15)37-17-7-5-8-18(13-17)38-25(28,29)30/h5,7-13,19H,4,6,14H2,1-3H3. The van der Waals surface area contributed by atoms with Gasteiger partial charge in [0.15, 0.2) is 0 Å². The fourth-order valence-corrected chi connectivity index (χ4v) is 4.29. The molecule has 3 rings (SSSR count). The topological polar surface area (TPSA) is 82.9 Å². The summed E-state index contributed by atoms with van der Waals surface area (Å²) in [4.78, 5) is 31.6. The first-order chi connectivity index (χ1) is 17.9. The normalized spacial score (nSPS) is 12.1. The lowest BCUT2D eigenvalue weighted by atomic mass is 10.1. The van der Waals surface area contributed by atoms with Gasteiger partial charge in [0.05, 0.1) is 13.7 Å². The Morgan fingerprint density at radius 1 is 1.16 bits per heavy atom. The van der Waals surface area contributed by atoms with Crippen LogP contribution in [0.2, 0.25) is 5.02 Å². The van der Waals surface area contributed by atoms with Crippen LogP contribution in [0.15, 0.2) is 53.1 Å². The summed E-state index contributed by atoms with van der Waals surface area (Å²) < 4.78 is 54.3. The Morgan fingerprint density at radius 2 is 1.82 bits per heavy atom. The molecule has 0 radical (unpaired) electrons. The Kier molecular flexibility index (Phi) is 9.66. The summed E-state index contributed by atoms with van der Waals surface area (Å²) in [6, 6.07) is 10.8. The van der Waals surface area contributed by atoms with E-state index in [0.29, 0.717) is 17.9 Å². The third-order valence-corrected chi connectivity index (χ3v) is 6.22. The number of rotatable bonds is 10. The number of carbonyl (C=O) groups is 2. The van der Waals surface area contributed by atoms with Gasteiger partial charge >= 0.3 is 18.3 Å². The highest BCUT2D eigenvalue weighted by atomic mass is 79.9. The number of ether oxygens (including phenoxy) is 3. The van der Waals surface area contributed by atoms with Gasteiger partial charge < -0.3 is 19.1 Å². The van der Waals surface area contributed by atoms with E-state index in [1.54, 1.807) is 24.3 Å². The zero-order chi connectivity index (χ0) is 28.0. The van der Waals surface area contributed by atoms with Crippen LogP contribution in [0.4, 0.5) is 13.2 Å². The van der Waals surface area contributed by atoms with Crippen molar-refractivity contribution in [2.75, 3.05) is 14.2 Å². The van der Waals surface area contributed by atoms with Gasteiger partial charge in [-0.2, -0.15) is 4.98 Å². The third kappa shape index (κ3) is 7.41. The van der Waals surface area contributed by atoms with Crippen LogP contribution < -0.4 is 9.47 Å². The molecule has 0 aliphatic rings. The molecule has 0 spiro atoms. The Balaban J connectivity index is 2.04. The summed E-state index contributed by atoms with van der Waals surface area (Å²) >= 11 is 9.30. The lowest BCUT2D eigenvalue weighted by molar-refractivity contribution is -0.274. The molecule has 0 bridgehead atoms. The molecular formula is C25H24BrClF3N3O5. The minimum Gasteiger partial charge on any atom is -0.467 e. The molecule has 1 atom stereocenters. The van der Waals surface area contributed by atoms with Crippen LogP contribution in [0.3, 0.4) is 0 Å². The van der Waals surface area contributed by atoms with Crippen molar-refractivity contribution in [1.29, 1.82) is 0 Å². The van der Waals surface area contributed by atoms with E-state index < -0.39 is 30.0 Å². The maximum Gasteiger partial charge on any atom is 0.573 e. The van der Waals surface area contributed by atoms with Crippen molar-refractivity contribution in [3.05, 3.63) is 69.4 Å². The molecule has 1 unspecified atom stereocenters. The molecule has 3 aromatic rings. The van der Waals surface area contributed by atoms with E-state index in [-0.39, 0.29) is 28.6 Å². The van der Waals surface area contributed by atoms with Gasteiger partial charge in [-0.05, 0) is 52.2 Å². The second-order valence-corrected chi connectivity index (χ2v) is 9.30. The van der Waals surface area contributed by atoms with Gasteiger partial charge in [-0.25, -0.2) is 4.79 Å². The zero-order valence-corrected chi connectivity index (χ0v) is 22.9. The maximum atomic E-state index is 13.6. The van der Waals surface area contributed by atoms with E-state index in [0.717, 1.165) is 17.7 Å². The second-order valence-electron chi connectivity index (χ2n) is 8.11. The highest BCUT2D eigenvalue weighted by Gasteiger charge is 2.33. The molecule has 38 heavy (non-hydrogen) atoms. The van der Waals surface area contributed by atoms with E-state index >= 15 is 0 Å². The number of amides is 1. The number of hydrogen-bond donors (Lipinski definition) is 0. The van der Waals surface area contributed by atoms with Crippen LogP contribution in [0.5, 0.6) is 17.5 Å².